The molecular weight excluding hydrogens is 488 g/mol. The standard InChI is InChI=1S/C38H54O2/c1-4-5-6-7-8-12-18-30-21-23-34-33-22-20-31-28-32(24-26-38(31,3)35(33)25-27-37(30,34)2)40-36(39)19-14-13-17-29-15-10-9-11-16-29/h9-11,13-17,19-20,30,32-35H,4-8,12,18,21-28H2,1-3H3. The average molecular weight is 543 g/mol. The van der Waals surface area contributed by atoms with Crippen LogP contribution in [-0.2, 0) is 9.53 Å². The highest BCUT2D eigenvalue weighted by Gasteiger charge is 2.58. The molecule has 0 amide bonds. The quantitative estimate of drug-likeness (QED) is 0.0914. The second kappa shape index (κ2) is 13.3. The van der Waals surface area contributed by atoms with E-state index in [1.54, 1.807) is 17.7 Å². The molecule has 0 saturated heterocycles. The highest BCUT2D eigenvalue weighted by atomic mass is 16.5. The Kier molecular flexibility index (Phi) is 9.75. The monoisotopic (exact) mass is 542 g/mol. The van der Waals surface area contributed by atoms with Gasteiger partial charge < -0.3 is 4.74 Å². The molecule has 2 heteroatoms. The van der Waals surface area contributed by atoms with E-state index < -0.39 is 0 Å². The number of rotatable bonds is 11. The largest absolute Gasteiger partial charge is 0.459 e. The van der Waals surface area contributed by atoms with Gasteiger partial charge in [0.15, 0.2) is 0 Å². The van der Waals surface area contributed by atoms with Gasteiger partial charge in [0.05, 0.1) is 0 Å². The number of ether oxygens (including phenoxy) is 1. The predicted octanol–water partition coefficient (Wildman–Crippen LogP) is 10.5. The summed E-state index contributed by atoms with van der Waals surface area (Å²) in [6, 6.07) is 10.2. The maximum Gasteiger partial charge on any atom is 0.331 e. The van der Waals surface area contributed by atoms with Crippen LogP contribution in [0.4, 0.5) is 0 Å². The lowest BCUT2D eigenvalue weighted by molar-refractivity contribution is -0.145. The van der Waals surface area contributed by atoms with E-state index in [0.29, 0.717) is 10.8 Å². The van der Waals surface area contributed by atoms with Gasteiger partial charge in [-0.2, -0.15) is 0 Å². The lowest BCUT2D eigenvalue weighted by Gasteiger charge is -2.58. The highest BCUT2D eigenvalue weighted by Crippen LogP contribution is 2.66. The Morgan fingerprint density at radius 2 is 1.73 bits per heavy atom. The third-order valence-electron chi connectivity index (χ3n) is 11.9. The fourth-order valence-electron chi connectivity index (χ4n) is 9.55. The lowest BCUT2D eigenvalue weighted by atomic mass is 9.47. The fourth-order valence-corrected chi connectivity index (χ4v) is 9.55. The third-order valence-corrected chi connectivity index (χ3v) is 11.9. The molecule has 1 aromatic carbocycles. The number of hydrogen-bond donors (Lipinski definition) is 0. The summed E-state index contributed by atoms with van der Waals surface area (Å²) >= 11 is 0. The number of hydrogen-bond acceptors (Lipinski definition) is 2. The summed E-state index contributed by atoms with van der Waals surface area (Å²) in [7, 11) is 0. The minimum Gasteiger partial charge on any atom is -0.459 e. The predicted molar refractivity (Wildman–Crippen MR) is 168 cm³/mol. The molecule has 5 rings (SSSR count). The van der Waals surface area contributed by atoms with Crippen LogP contribution in [-0.4, -0.2) is 12.1 Å². The smallest absolute Gasteiger partial charge is 0.331 e. The van der Waals surface area contributed by atoms with Crippen molar-refractivity contribution in [2.24, 2.45) is 34.5 Å². The van der Waals surface area contributed by atoms with Crippen LogP contribution in [0, 0.1) is 34.5 Å². The Hall–Kier alpha value is -2.09. The molecular formula is C38H54O2. The zero-order valence-electron chi connectivity index (χ0n) is 25.6. The molecule has 40 heavy (non-hydrogen) atoms. The normalized spacial score (nSPS) is 35.3. The Bertz CT molecular complexity index is 1070. The zero-order valence-corrected chi connectivity index (χ0v) is 25.6. The SMILES string of the molecule is CCCCCCCCC1CCC2C3CC=C4CC(OC(=O)C=CC=Cc5ccccc5)CCC4(C)C3CCC12C. The first kappa shape index (κ1) is 29.4. The molecule has 0 aromatic heterocycles. The minimum absolute atomic E-state index is 0.0215. The van der Waals surface area contributed by atoms with E-state index in [-0.39, 0.29) is 12.1 Å². The van der Waals surface area contributed by atoms with E-state index in [2.05, 4.69) is 39.0 Å². The number of allylic oxidation sites excluding steroid dienone is 3. The molecule has 0 heterocycles. The summed E-state index contributed by atoms with van der Waals surface area (Å²) in [6.07, 6.45) is 30.0. The van der Waals surface area contributed by atoms with Crippen LogP contribution in [0.15, 0.2) is 60.2 Å². The summed E-state index contributed by atoms with van der Waals surface area (Å²) in [5, 5.41) is 0. The second-order valence-corrected chi connectivity index (χ2v) is 14.1. The van der Waals surface area contributed by atoms with E-state index >= 15 is 0 Å². The van der Waals surface area contributed by atoms with Crippen molar-refractivity contribution in [1.29, 1.82) is 0 Å². The van der Waals surface area contributed by atoms with Crippen molar-refractivity contribution in [3.8, 4) is 0 Å². The van der Waals surface area contributed by atoms with Gasteiger partial charge in [-0.05, 0) is 91.4 Å². The Morgan fingerprint density at radius 3 is 2.55 bits per heavy atom. The average Bonchev–Trinajstić information content (AvgIpc) is 3.30. The van der Waals surface area contributed by atoms with Crippen molar-refractivity contribution in [3.05, 3.63) is 65.8 Å². The van der Waals surface area contributed by atoms with E-state index in [4.69, 9.17) is 4.74 Å². The third kappa shape index (κ3) is 6.37. The molecule has 0 aliphatic heterocycles. The molecule has 218 valence electrons. The zero-order chi connectivity index (χ0) is 28.0. The number of unbranched alkanes of at least 4 members (excludes halogenated alkanes) is 5. The first-order valence-electron chi connectivity index (χ1n) is 16.7. The van der Waals surface area contributed by atoms with Gasteiger partial charge in [-0.15, -0.1) is 0 Å². The number of fused-ring (bicyclic) bond motifs is 5. The lowest BCUT2D eigenvalue weighted by Crippen LogP contribution is -2.50. The van der Waals surface area contributed by atoms with Gasteiger partial charge in [-0.3, -0.25) is 0 Å². The van der Waals surface area contributed by atoms with Crippen LogP contribution in [0.1, 0.15) is 123 Å². The Labute approximate surface area is 244 Å². The van der Waals surface area contributed by atoms with Gasteiger partial charge in [0.2, 0.25) is 0 Å². The topological polar surface area (TPSA) is 26.3 Å². The first-order valence-corrected chi connectivity index (χ1v) is 16.7. The number of carbonyl (C=O) groups is 1. The molecule has 7 atom stereocenters. The molecule has 3 saturated carbocycles. The molecule has 3 fully saturated rings. The first-order chi connectivity index (χ1) is 19.4. The molecule has 0 radical (unpaired) electrons. The molecule has 7 unspecified atom stereocenters. The van der Waals surface area contributed by atoms with Crippen molar-refractivity contribution >= 4 is 12.0 Å². The van der Waals surface area contributed by atoms with E-state index in [1.807, 2.05) is 30.4 Å². The second-order valence-electron chi connectivity index (χ2n) is 14.1. The van der Waals surface area contributed by atoms with Gasteiger partial charge in [-0.1, -0.05) is 120 Å². The maximum absolute atomic E-state index is 12.6. The van der Waals surface area contributed by atoms with Crippen molar-refractivity contribution in [2.75, 3.05) is 0 Å². The molecule has 4 aliphatic rings. The summed E-state index contributed by atoms with van der Waals surface area (Å²) in [5.74, 6) is 3.33. The highest BCUT2D eigenvalue weighted by molar-refractivity contribution is 5.82. The molecule has 4 aliphatic carbocycles. The van der Waals surface area contributed by atoms with Crippen molar-refractivity contribution in [2.45, 2.75) is 123 Å². The van der Waals surface area contributed by atoms with Gasteiger partial charge in [0.25, 0.3) is 0 Å². The van der Waals surface area contributed by atoms with Gasteiger partial charge in [0.1, 0.15) is 6.10 Å². The Morgan fingerprint density at radius 1 is 0.925 bits per heavy atom. The van der Waals surface area contributed by atoms with Crippen LogP contribution in [0.2, 0.25) is 0 Å². The summed E-state index contributed by atoms with van der Waals surface area (Å²) < 4.78 is 5.94. The van der Waals surface area contributed by atoms with Crippen molar-refractivity contribution in [1.82, 2.24) is 0 Å². The van der Waals surface area contributed by atoms with Gasteiger partial charge >= 0.3 is 5.97 Å². The van der Waals surface area contributed by atoms with Crippen LogP contribution in [0.5, 0.6) is 0 Å². The summed E-state index contributed by atoms with van der Waals surface area (Å²) in [5.41, 5.74) is 3.60. The van der Waals surface area contributed by atoms with E-state index in [0.717, 1.165) is 42.1 Å². The molecule has 0 spiro atoms. The molecule has 2 nitrogen and oxygen atoms in total. The maximum atomic E-state index is 12.6. The van der Waals surface area contributed by atoms with E-state index in [1.165, 1.54) is 83.5 Å². The number of benzene rings is 1. The minimum atomic E-state index is -0.212. The van der Waals surface area contributed by atoms with Crippen LogP contribution in [0.3, 0.4) is 0 Å². The molecule has 1 aromatic rings. The van der Waals surface area contributed by atoms with Gasteiger partial charge in [-0.25, -0.2) is 4.79 Å². The number of esters is 1. The van der Waals surface area contributed by atoms with Crippen molar-refractivity contribution < 1.29 is 9.53 Å². The molecule has 0 bridgehead atoms. The van der Waals surface area contributed by atoms with E-state index in [9.17, 15) is 4.79 Å². The molecule has 0 N–H and O–H groups in total. The fraction of sp³-hybridized carbons (Fsp3) is 0.658. The summed E-state index contributed by atoms with van der Waals surface area (Å²) in [6.45, 7) is 7.56. The van der Waals surface area contributed by atoms with Crippen LogP contribution in [0.25, 0.3) is 6.08 Å². The summed E-state index contributed by atoms with van der Waals surface area (Å²) in [4.78, 5) is 12.6. The Balaban J connectivity index is 1.14. The van der Waals surface area contributed by atoms with Gasteiger partial charge in [0, 0.05) is 12.5 Å². The van der Waals surface area contributed by atoms with Crippen molar-refractivity contribution in [3.63, 3.8) is 0 Å². The van der Waals surface area contributed by atoms with Crippen LogP contribution >= 0.6 is 0 Å². The number of carbonyl (C=O) groups excluding carboxylic acids is 1. The van der Waals surface area contributed by atoms with Crippen LogP contribution < -0.4 is 0 Å².